The Labute approximate surface area is 181 Å². The van der Waals surface area contributed by atoms with Gasteiger partial charge < -0.3 is 10.6 Å². The lowest BCUT2D eigenvalue weighted by Crippen LogP contribution is -2.24. The lowest BCUT2D eigenvalue weighted by molar-refractivity contribution is -0.116. The van der Waals surface area contributed by atoms with E-state index in [1.54, 1.807) is 28.5 Å². The molecule has 2 N–H and O–H groups in total. The van der Waals surface area contributed by atoms with Gasteiger partial charge in [0, 0.05) is 25.6 Å². The highest BCUT2D eigenvalue weighted by Crippen LogP contribution is 2.14. The predicted octanol–water partition coefficient (Wildman–Crippen LogP) is 3.41. The average Bonchev–Trinajstić information content (AvgIpc) is 3.00. The molecule has 0 radical (unpaired) electrons. The van der Waals surface area contributed by atoms with E-state index in [2.05, 4.69) is 10.6 Å². The van der Waals surface area contributed by atoms with E-state index in [0.29, 0.717) is 36.3 Å². The number of anilines is 1. The van der Waals surface area contributed by atoms with Crippen molar-refractivity contribution in [3.63, 3.8) is 0 Å². The molecule has 3 rings (SSSR count). The van der Waals surface area contributed by atoms with Crippen LogP contribution in [-0.4, -0.2) is 27.7 Å². The fraction of sp³-hybridized carbons (Fsp3) is 0.292. The van der Waals surface area contributed by atoms with Crippen LogP contribution in [0.5, 0.6) is 0 Å². The van der Waals surface area contributed by atoms with Gasteiger partial charge in [0.15, 0.2) is 0 Å². The molecular weight excluding hydrogens is 392 g/mol. The summed E-state index contributed by atoms with van der Waals surface area (Å²) in [6.07, 6.45) is 2.61. The fourth-order valence-corrected chi connectivity index (χ4v) is 3.40. The van der Waals surface area contributed by atoms with Crippen LogP contribution in [0.2, 0.25) is 0 Å². The summed E-state index contributed by atoms with van der Waals surface area (Å²) in [5.74, 6) is -0.271. The number of benzene rings is 2. The third kappa shape index (κ3) is 5.51. The Morgan fingerprint density at radius 3 is 2.23 bits per heavy atom. The van der Waals surface area contributed by atoms with Gasteiger partial charge in [-0.15, -0.1) is 0 Å². The van der Waals surface area contributed by atoms with Crippen LogP contribution in [0, 0.1) is 6.92 Å². The number of hydrogen-bond acceptors (Lipinski definition) is 3. The second kappa shape index (κ2) is 10.4. The first-order chi connectivity index (χ1) is 15.0. The normalized spacial score (nSPS) is 10.6. The number of carbonyl (C=O) groups excluding carboxylic acids is 2. The van der Waals surface area contributed by atoms with Crippen LogP contribution in [0.3, 0.4) is 0 Å². The molecule has 0 fully saturated rings. The number of aromatic nitrogens is 2. The Kier molecular flexibility index (Phi) is 7.43. The van der Waals surface area contributed by atoms with E-state index < -0.39 is 0 Å². The molecule has 7 heteroatoms. The monoisotopic (exact) mass is 420 g/mol. The molecule has 2 aromatic carbocycles. The molecular formula is C24H28N4O3. The number of carbonyl (C=O) groups is 2. The van der Waals surface area contributed by atoms with Gasteiger partial charge in [-0.1, -0.05) is 42.8 Å². The van der Waals surface area contributed by atoms with E-state index >= 15 is 0 Å². The summed E-state index contributed by atoms with van der Waals surface area (Å²) in [6, 6.07) is 18.4. The van der Waals surface area contributed by atoms with Gasteiger partial charge in [0.1, 0.15) is 5.69 Å². The minimum Gasteiger partial charge on any atom is -0.352 e. The largest absolute Gasteiger partial charge is 0.352 e. The second-order valence-electron chi connectivity index (χ2n) is 7.42. The van der Waals surface area contributed by atoms with Crippen molar-refractivity contribution in [2.24, 2.45) is 7.05 Å². The SMILES string of the molecule is Cc1c(NC(=O)CCCCCNC(=O)c2ccccc2)c(=O)n(-c2ccccc2)n1C. The quantitative estimate of drug-likeness (QED) is 0.520. The second-order valence-corrected chi connectivity index (χ2v) is 7.42. The Bertz CT molecular complexity index is 1090. The number of para-hydroxylation sites is 1. The van der Waals surface area contributed by atoms with Crippen LogP contribution in [0.15, 0.2) is 65.5 Å². The molecule has 31 heavy (non-hydrogen) atoms. The van der Waals surface area contributed by atoms with Crippen LogP contribution in [0.1, 0.15) is 41.7 Å². The summed E-state index contributed by atoms with van der Waals surface area (Å²) in [7, 11) is 1.79. The Hall–Kier alpha value is -3.61. The lowest BCUT2D eigenvalue weighted by Gasteiger charge is -2.07. The highest BCUT2D eigenvalue weighted by atomic mass is 16.2. The fourth-order valence-electron chi connectivity index (χ4n) is 3.40. The summed E-state index contributed by atoms with van der Waals surface area (Å²) < 4.78 is 3.28. The van der Waals surface area contributed by atoms with Crippen molar-refractivity contribution < 1.29 is 9.59 Å². The molecule has 1 aromatic heterocycles. The Morgan fingerprint density at radius 1 is 0.903 bits per heavy atom. The third-order valence-corrected chi connectivity index (χ3v) is 5.22. The van der Waals surface area contributed by atoms with Gasteiger partial charge in [0.05, 0.1) is 11.4 Å². The van der Waals surface area contributed by atoms with Gasteiger partial charge in [-0.25, -0.2) is 4.68 Å². The molecule has 7 nitrogen and oxygen atoms in total. The van der Waals surface area contributed by atoms with E-state index in [0.717, 1.165) is 18.5 Å². The van der Waals surface area contributed by atoms with Crippen molar-refractivity contribution in [2.45, 2.75) is 32.6 Å². The van der Waals surface area contributed by atoms with E-state index in [9.17, 15) is 14.4 Å². The van der Waals surface area contributed by atoms with Crippen LogP contribution in [0.4, 0.5) is 5.69 Å². The summed E-state index contributed by atoms with van der Waals surface area (Å²) in [6.45, 7) is 2.38. The zero-order valence-corrected chi connectivity index (χ0v) is 17.9. The van der Waals surface area contributed by atoms with Crippen molar-refractivity contribution in [3.8, 4) is 5.69 Å². The number of nitrogens with one attached hydrogen (secondary N) is 2. The molecule has 0 aliphatic heterocycles. The number of unbranched alkanes of at least 4 members (excludes halogenated alkanes) is 2. The highest BCUT2D eigenvalue weighted by Gasteiger charge is 2.17. The summed E-state index contributed by atoms with van der Waals surface area (Å²) in [4.78, 5) is 37.2. The molecule has 0 saturated carbocycles. The number of rotatable bonds is 9. The zero-order chi connectivity index (χ0) is 22.2. The molecule has 0 aliphatic rings. The van der Waals surface area contributed by atoms with E-state index in [1.807, 2.05) is 55.5 Å². The van der Waals surface area contributed by atoms with Crippen molar-refractivity contribution in [2.75, 3.05) is 11.9 Å². The lowest BCUT2D eigenvalue weighted by atomic mass is 10.1. The number of nitrogens with zero attached hydrogens (tertiary/aromatic N) is 2. The molecule has 0 unspecified atom stereocenters. The Balaban J connectivity index is 1.45. The molecule has 0 bridgehead atoms. The first-order valence-electron chi connectivity index (χ1n) is 10.5. The molecule has 1 heterocycles. The molecule has 0 aliphatic carbocycles. The third-order valence-electron chi connectivity index (χ3n) is 5.22. The van der Waals surface area contributed by atoms with Gasteiger partial charge >= 0.3 is 0 Å². The summed E-state index contributed by atoms with van der Waals surface area (Å²) in [5, 5.41) is 5.66. The van der Waals surface area contributed by atoms with Gasteiger partial charge in [-0.3, -0.25) is 19.1 Å². The molecule has 0 saturated heterocycles. The Morgan fingerprint density at radius 2 is 1.55 bits per heavy atom. The first-order valence-corrected chi connectivity index (χ1v) is 10.5. The molecule has 2 amide bonds. The van der Waals surface area contributed by atoms with Gasteiger partial charge in [0.2, 0.25) is 5.91 Å². The van der Waals surface area contributed by atoms with Crippen molar-refractivity contribution in [1.29, 1.82) is 0 Å². The maximum absolute atomic E-state index is 12.8. The topological polar surface area (TPSA) is 85.1 Å². The van der Waals surface area contributed by atoms with Crippen LogP contribution >= 0.6 is 0 Å². The summed E-state index contributed by atoms with van der Waals surface area (Å²) in [5.41, 5.74) is 2.15. The molecule has 0 atom stereocenters. The van der Waals surface area contributed by atoms with E-state index in [4.69, 9.17) is 0 Å². The summed E-state index contributed by atoms with van der Waals surface area (Å²) >= 11 is 0. The molecule has 0 spiro atoms. The first kappa shape index (κ1) is 22.1. The predicted molar refractivity (Wildman–Crippen MR) is 122 cm³/mol. The van der Waals surface area contributed by atoms with Crippen LogP contribution < -0.4 is 16.2 Å². The van der Waals surface area contributed by atoms with E-state index in [1.165, 1.54) is 0 Å². The van der Waals surface area contributed by atoms with Crippen molar-refractivity contribution >= 4 is 17.5 Å². The molecule has 162 valence electrons. The van der Waals surface area contributed by atoms with Crippen molar-refractivity contribution in [1.82, 2.24) is 14.7 Å². The van der Waals surface area contributed by atoms with Crippen molar-refractivity contribution in [3.05, 3.63) is 82.3 Å². The standard InChI is InChI=1S/C24H28N4O3/c1-18-22(24(31)28(27(18)2)20-14-8-4-9-15-20)26-21(29)16-10-5-11-17-25-23(30)19-12-6-3-7-13-19/h3-4,6-9,12-15H,5,10-11,16-17H2,1-2H3,(H,25,30)(H,26,29). The highest BCUT2D eigenvalue weighted by molar-refractivity contribution is 5.94. The zero-order valence-electron chi connectivity index (χ0n) is 17.9. The molecule has 3 aromatic rings. The van der Waals surface area contributed by atoms with Gasteiger partial charge in [-0.05, 0) is 44.0 Å². The van der Waals surface area contributed by atoms with Gasteiger partial charge in [0.25, 0.3) is 11.5 Å². The van der Waals surface area contributed by atoms with E-state index in [-0.39, 0.29) is 17.4 Å². The van der Waals surface area contributed by atoms with Crippen LogP contribution in [-0.2, 0) is 11.8 Å². The number of hydrogen-bond donors (Lipinski definition) is 2. The maximum atomic E-state index is 12.8. The smallest absolute Gasteiger partial charge is 0.295 e. The number of amides is 2. The van der Waals surface area contributed by atoms with Crippen LogP contribution in [0.25, 0.3) is 5.69 Å². The minimum absolute atomic E-state index is 0.0902. The average molecular weight is 421 g/mol. The maximum Gasteiger partial charge on any atom is 0.295 e. The van der Waals surface area contributed by atoms with Gasteiger partial charge in [-0.2, -0.15) is 0 Å². The minimum atomic E-state index is -0.247.